The summed E-state index contributed by atoms with van der Waals surface area (Å²) in [6.07, 6.45) is 1.65. The van der Waals surface area contributed by atoms with Crippen molar-refractivity contribution in [1.82, 2.24) is 9.99 Å². The van der Waals surface area contributed by atoms with Crippen molar-refractivity contribution in [2.24, 2.45) is 0 Å². The molecule has 0 unspecified atom stereocenters. The van der Waals surface area contributed by atoms with Crippen molar-refractivity contribution in [2.75, 3.05) is 5.43 Å². The third-order valence-corrected chi connectivity index (χ3v) is 7.28. The highest BCUT2D eigenvalue weighted by molar-refractivity contribution is 8.26. The zero-order valence-electron chi connectivity index (χ0n) is 15.5. The third-order valence-electron chi connectivity index (χ3n) is 4.40. The maximum Gasteiger partial charge on any atom is 0.285 e. The van der Waals surface area contributed by atoms with E-state index in [1.807, 2.05) is 24.3 Å². The number of carbonyl (C=O) groups is 1. The molecule has 1 aliphatic heterocycles. The van der Waals surface area contributed by atoms with E-state index >= 15 is 0 Å². The third kappa shape index (κ3) is 3.97. The number of carbonyl (C=O) groups excluding carboxylic acids is 1. The number of nitrogens with one attached hydrogen (secondary N) is 1. The molecule has 5 nitrogen and oxygen atoms in total. The number of hydrogen-bond donors (Lipinski definition) is 1. The van der Waals surface area contributed by atoms with Crippen molar-refractivity contribution >= 4 is 90.2 Å². The predicted octanol–water partition coefficient (Wildman–Crippen LogP) is 7.09. The molecule has 2 aromatic heterocycles. The number of thiazole rings is 1. The van der Waals surface area contributed by atoms with Crippen LogP contribution in [0.25, 0.3) is 27.6 Å². The molecule has 1 aliphatic rings. The second-order valence-electron chi connectivity index (χ2n) is 6.41. The number of thiocarbonyl (C=S) groups is 1. The number of furan rings is 1. The lowest BCUT2D eigenvalue weighted by atomic mass is 10.2. The van der Waals surface area contributed by atoms with E-state index in [2.05, 4.69) is 10.4 Å². The minimum Gasteiger partial charge on any atom is -0.457 e. The molecule has 1 saturated heterocycles. The van der Waals surface area contributed by atoms with Gasteiger partial charge in [-0.3, -0.25) is 10.2 Å². The highest BCUT2D eigenvalue weighted by Crippen LogP contribution is 2.38. The van der Waals surface area contributed by atoms with Crippen molar-refractivity contribution in [1.29, 1.82) is 0 Å². The smallest absolute Gasteiger partial charge is 0.285 e. The van der Waals surface area contributed by atoms with Crippen LogP contribution < -0.4 is 5.43 Å². The lowest BCUT2D eigenvalue weighted by Crippen LogP contribution is -2.33. The van der Waals surface area contributed by atoms with Gasteiger partial charge in [-0.1, -0.05) is 64.5 Å². The Morgan fingerprint density at radius 1 is 1.06 bits per heavy atom. The number of thioether (sulfide) groups is 1. The van der Waals surface area contributed by atoms with Gasteiger partial charge in [0.2, 0.25) is 5.13 Å². The Kier molecular flexibility index (Phi) is 5.49. The van der Waals surface area contributed by atoms with Crippen molar-refractivity contribution in [2.45, 2.75) is 0 Å². The fourth-order valence-electron chi connectivity index (χ4n) is 3.01. The standard InChI is InChI=1S/C21H11Cl2N3O2S3/c22-12-4-3-5-13(23)18(12)15-9-8-11(28-15)10-17-19(27)26(21(29)31-17)25-20-24-14-6-1-2-7-16(14)30-20/h1-10H,(H,24,25)/b17-10-. The van der Waals surface area contributed by atoms with E-state index in [1.165, 1.54) is 28.1 Å². The molecule has 2 aromatic carbocycles. The number of rotatable bonds is 4. The highest BCUT2D eigenvalue weighted by Gasteiger charge is 2.33. The Morgan fingerprint density at radius 2 is 1.84 bits per heavy atom. The van der Waals surface area contributed by atoms with E-state index in [4.69, 9.17) is 39.8 Å². The summed E-state index contributed by atoms with van der Waals surface area (Å²) in [5.41, 5.74) is 4.48. The minimum atomic E-state index is -0.275. The summed E-state index contributed by atoms with van der Waals surface area (Å²) in [5.74, 6) is 0.736. The van der Waals surface area contributed by atoms with Crippen LogP contribution in [0.5, 0.6) is 0 Å². The van der Waals surface area contributed by atoms with Gasteiger partial charge in [-0.05, 0) is 48.6 Å². The molecule has 5 rings (SSSR count). The molecule has 0 radical (unpaired) electrons. The monoisotopic (exact) mass is 503 g/mol. The van der Waals surface area contributed by atoms with Crippen LogP contribution in [0.4, 0.5) is 5.13 Å². The molecule has 31 heavy (non-hydrogen) atoms. The van der Waals surface area contributed by atoms with Crippen LogP contribution in [0.1, 0.15) is 5.76 Å². The minimum absolute atomic E-state index is 0.275. The maximum absolute atomic E-state index is 12.9. The van der Waals surface area contributed by atoms with Gasteiger partial charge in [0.05, 0.1) is 30.7 Å². The fourth-order valence-corrected chi connectivity index (χ4v) is 5.60. The normalized spacial score (nSPS) is 15.4. The van der Waals surface area contributed by atoms with Crippen LogP contribution in [-0.2, 0) is 4.79 Å². The van der Waals surface area contributed by atoms with Gasteiger partial charge in [-0.25, -0.2) is 4.98 Å². The summed E-state index contributed by atoms with van der Waals surface area (Å²) in [6.45, 7) is 0. The zero-order valence-corrected chi connectivity index (χ0v) is 19.4. The van der Waals surface area contributed by atoms with Crippen LogP contribution in [0.15, 0.2) is 63.9 Å². The summed E-state index contributed by atoms with van der Waals surface area (Å²) in [5, 5.41) is 2.88. The SMILES string of the molecule is O=C1/C(=C/c2ccc(-c3c(Cl)cccc3Cl)o2)SC(=S)N1Nc1nc2ccccc2s1. The predicted molar refractivity (Wildman–Crippen MR) is 132 cm³/mol. The first kappa shape index (κ1) is 20.5. The van der Waals surface area contributed by atoms with Crippen LogP contribution in [-0.4, -0.2) is 20.2 Å². The molecule has 1 fully saturated rings. The fraction of sp³-hybridized carbons (Fsp3) is 0. The van der Waals surface area contributed by atoms with Gasteiger partial charge in [0, 0.05) is 6.08 Å². The van der Waals surface area contributed by atoms with E-state index < -0.39 is 0 Å². The van der Waals surface area contributed by atoms with Gasteiger partial charge in [-0.2, -0.15) is 5.01 Å². The molecule has 154 valence electrons. The number of anilines is 1. The molecular formula is C21H11Cl2N3O2S3. The van der Waals surface area contributed by atoms with Gasteiger partial charge < -0.3 is 4.42 Å². The molecule has 0 atom stereocenters. The van der Waals surface area contributed by atoms with E-state index in [0.29, 0.717) is 41.5 Å². The number of hydrogen-bond acceptors (Lipinski definition) is 7. The Bertz CT molecular complexity index is 1330. The molecule has 1 N–H and O–H groups in total. The first-order valence-corrected chi connectivity index (χ1v) is 11.7. The molecule has 0 bridgehead atoms. The molecule has 10 heteroatoms. The molecule has 0 aliphatic carbocycles. The number of fused-ring (bicyclic) bond motifs is 1. The number of amides is 1. The van der Waals surface area contributed by atoms with E-state index in [-0.39, 0.29) is 5.91 Å². The number of hydrazine groups is 1. The number of benzene rings is 2. The number of halogens is 2. The number of aromatic nitrogens is 1. The molecule has 3 heterocycles. The summed E-state index contributed by atoms with van der Waals surface area (Å²) in [7, 11) is 0. The van der Waals surface area contributed by atoms with E-state index in [9.17, 15) is 4.79 Å². The average molecular weight is 504 g/mol. The number of para-hydroxylation sites is 1. The first-order valence-electron chi connectivity index (χ1n) is 8.94. The summed E-state index contributed by atoms with van der Waals surface area (Å²) in [6, 6.07) is 16.5. The average Bonchev–Trinajstić information content (AvgIpc) is 3.43. The molecule has 1 amide bonds. The van der Waals surface area contributed by atoms with E-state index in [1.54, 1.807) is 36.4 Å². The van der Waals surface area contributed by atoms with Crippen LogP contribution in [0, 0.1) is 0 Å². The van der Waals surface area contributed by atoms with Gasteiger partial charge in [0.1, 0.15) is 11.5 Å². The number of nitrogens with zero attached hydrogens (tertiary/aromatic N) is 2. The van der Waals surface area contributed by atoms with Gasteiger partial charge in [0.25, 0.3) is 5.91 Å². The Morgan fingerprint density at radius 3 is 2.61 bits per heavy atom. The molecular weight excluding hydrogens is 493 g/mol. The van der Waals surface area contributed by atoms with Crippen molar-refractivity contribution < 1.29 is 9.21 Å². The lowest BCUT2D eigenvalue weighted by Gasteiger charge is -2.14. The largest absolute Gasteiger partial charge is 0.457 e. The van der Waals surface area contributed by atoms with Crippen molar-refractivity contribution in [3.63, 3.8) is 0 Å². The maximum atomic E-state index is 12.9. The highest BCUT2D eigenvalue weighted by atomic mass is 35.5. The second-order valence-corrected chi connectivity index (χ2v) is 9.94. The molecule has 0 saturated carbocycles. The summed E-state index contributed by atoms with van der Waals surface area (Å²) in [4.78, 5) is 17.8. The Labute approximate surface area is 200 Å². The van der Waals surface area contributed by atoms with Gasteiger partial charge in [0.15, 0.2) is 4.32 Å². The van der Waals surface area contributed by atoms with Gasteiger partial charge >= 0.3 is 0 Å². The zero-order chi connectivity index (χ0) is 21.5. The van der Waals surface area contributed by atoms with Crippen LogP contribution in [0.2, 0.25) is 10.0 Å². The summed E-state index contributed by atoms with van der Waals surface area (Å²) >= 11 is 20.5. The topological polar surface area (TPSA) is 58.4 Å². The second kappa shape index (κ2) is 8.29. The quantitative estimate of drug-likeness (QED) is 0.237. The van der Waals surface area contributed by atoms with Crippen molar-refractivity contribution in [3.05, 3.63) is 75.3 Å². The first-order chi connectivity index (χ1) is 15.0. The molecule has 0 spiro atoms. The Balaban J connectivity index is 1.38. The lowest BCUT2D eigenvalue weighted by molar-refractivity contribution is -0.121. The summed E-state index contributed by atoms with van der Waals surface area (Å²) < 4.78 is 7.27. The van der Waals surface area contributed by atoms with Gasteiger partial charge in [-0.15, -0.1) is 0 Å². The van der Waals surface area contributed by atoms with Crippen LogP contribution in [0.3, 0.4) is 0 Å². The van der Waals surface area contributed by atoms with E-state index in [0.717, 1.165) is 10.2 Å². The molecule has 4 aromatic rings. The Hall–Kier alpha value is -2.36. The van der Waals surface area contributed by atoms with Crippen molar-refractivity contribution in [3.8, 4) is 11.3 Å². The van der Waals surface area contributed by atoms with Crippen LogP contribution >= 0.6 is 58.5 Å².